The van der Waals surface area contributed by atoms with Crippen LogP contribution in [0.25, 0.3) is 5.78 Å². The maximum Gasteiger partial charge on any atom is 0.355 e. The average Bonchev–Trinajstić information content (AvgIpc) is 2.59. The van der Waals surface area contributed by atoms with Crippen LogP contribution in [0.4, 0.5) is 0 Å². The highest BCUT2D eigenvalue weighted by atomic mass is 79.9. The van der Waals surface area contributed by atoms with Gasteiger partial charge in [-0.2, -0.15) is 9.50 Å². The lowest BCUT2D eigenvalue weighted by Gasteiger charge is -1.99. The molecule has 0 fully saturated rings. The predicted molar refractivity (Wildman–Crippen MR) is 59.4 cm³/mol. The minimum Gasteiger partial charge on any atom is -0.476 e. The number of nitrogens with zero attached hydrogens (tertiary/aromatic N) is 4. The summed E-state index contributed by atoms with van der Waals surface area (Å²) in [5.41, 5.74) is 0.0415. The van der Waals surface area contributed by atoms with E-state index in [0.717, 1.165) is 6.42 Å². The van der Waals surface area contributed by atoms with E-state index in [1.54, 1.807) is 0 Å². The maximum atomic E-state index is 11.1. The van der Waals surface area contributed by atoms with E-state index in [9.17, 15) is 4.79 Å². The monoisotopic (exact) mass is 284 g/mol. The molecule has 7 heteroatoms. The fourth-order valence-electron chi connectivity index (χ4n) is 1.38. The number of hydrogen-bond acceptors (Lipinski definition) is 4. The molecule has 0 aliphatic heterocycles. The largest absolute Gasteiger partial charge is 0.476 e. The van der Waals surface area contributed by atoms with Gasteiger partial charge in [0, 0.05) is 12.6 Å². The summed E-state index contributed by atoms with van der Waals surface area (Å²) in [6, 6.07) is 0. The first-order valence-corrected chi connectivity index (χ1v) is 5.56. The number of carboxylic acid groups (broad SMARTS) is 1. The van der Waals surface area contributed by atoms with Gasteiger partial charge in [0.2, 0.25) is 0 Å². The lowest BCUT2D eigenvalue weighted by molar-refractivity contribution is 0.0686. The van der Waals surface area contributed by atoms with Crippen molar-refractivity contribution in [2.45, 2.75) is 19.8 Å². The SMILES string of the molecule is CCCc1nc2ncc(Br)c(C(=O)O)n2n1. The Labute approximate surface area is 99.5 Å². The van der Waals surface area contributed by atoms with Crippen molar-refractivity contribution in [3.63, 3.8) is 0 Å². The van der Waals surface area contributed by atoms with E-state index in [0.29, 0.717) is 22.5 Å². The Morgan fingerprint density at radius 2 is 2.38 bits per heavy atom. The highest BCUT2D eigenvalue weighted by Gasteiger charge is 2.16. The quantitative estimate of drug-likeness (QED) is 0.925. The van der Waals surface area contributed by atoms with Gasteiger partial charge >= 0.3 is 5.97 Å². The lowest BCUT2D eigenvalue weighted by Crippen LogP contribution is -2.08. The molecule has 0 atom stereocenters. The first-order valence-electron chi connectivity index (χ1n) is 4.77. The number of halogens is 1. The molecule has 0 aromatic carbocycles. The van der Waals surface area contributed by atoms with Gasteiger partial charge in [-0.3, -0.25) is 0 Å². The van der Waals surface area contributed by atoms with Gasteiger partial charge in [0.1, 0.15) is 0 Å². The van der Waals surface area contributed by atoms with Gasteiger partial charge in [-0.1, -0.05) is 6.92 Å². The smallest absolute Gasteiger partial charge is 0.355 e. The maximum absolute atomic E-state index is 11.1. The van der Waals surface area contributed by atoms with E-state index in [1.165, 1.54) is 10.7 Å². The zero-order valence-electron chi connectivity index (χ0n) is 8.51. The summed E-state index contributed by atoms with van der Waals surface area (Å²) in [6.45, 7) is 2.01. The van der Waals surface area contributed by atoms with E-state index >= 15 is 0 Å². The molecule has 2 aromatic rings. The van der Waals surface area contributed by atoms with Gasteiger partial charge in [0.15, 0.2) is 11.5 Å². The fraction of sp³-hybridized carbons (Fsp3) is 0.333. The summed E-state index contributed by atoms with van der Waals surface area (Å²) >= 11 is 3.13. The molecular formula is C9H9BrN4O2. The Balaban J connectivity index is 2.67. The highest BCUT2D eigenvalue weighted by molar-refractivity contribution is 9.10. The molecule has 0 bridgehead atoms. The van der Waals surface area contributed by atoms with Gasteiger partial charge in [-0.15, -0.1) is 5.10 Å². The molecule has 0 spiro atoms. The van der Waals surface area contributed by atoms with E-state index in [2.05, 4.69) is 31.0 Å². The van der Waals surface area contributed by atoms with Crippen LogP contribution in [0, 0.1) is 0 Å². The number of hydrogen-bond donors (Lipinski definition) is 1. The van der Waals surface area contributed by atoms with Crippen molar-refractivity contribution in [2.75, 3.05) is 0 Å². The molecular weight excluding hydrogens is 276 g/mol. The second-order valence-corrected chi connectivity index (χ2v) is 4.10. The van der Waals surface area contributed by atoms with Gasteiger partial charge in [-0.05, 0) is 22.4 Å². The van der Waals surface area contributed by atoms with Crippen molar-refractivity contribution in [1.29, 1.82) is 0 Å². The Hall–Kier alpha value is -1.50. The van der Waals surface area contributed by atoms with Crippen LogP contribution < -0.4 is 0 Å². The topological polar surface area (TPSA) is 80.4 Å². The minimum absolute atomic E-state index is 0.0415. The Morgan fingerprint density at radius 1 is 1.62 bits per heavy atom. The number of aromatic nitrogens is 4. The van der Waals surface area contributed by atoms with Crippen LogP contribution in [0.2, 0.25) is 0 Å². The summed E-state index contributed by atoms with van der Waals surface area (Å²) in [7, 11) is 0. The van der Waals surface area contributed by atoms with Crippen molar-refractivity contribution in [3.8, 4) is 0 Å². The molecule has 0 radical (unpaired) electrons. The van der Waals surface area contributed by atoms with E-state index in [4.69, 9.17) is 5.11 Å². The second kappa shape index (κ2) is 4.17. The van der Waals surface area contributed by atoms with Gasteiger partial charge in [0.25, 0.3) is 5.78 Å². The van der Waals surface area contributed by atoms with Crippen LogP contribution in [0.5, 0.6) is 0 Å². The number of rotatable bonds is 3. The molecule has 84 valence electrons. The van der Waals surface area contributed by atoms with Crippen LogP contribution in [0.15, 0.2) is 10.7 Å². The van der Waals surface area contributed by atoms with Crippen molar-refractivity contribution in [3.05, 3.63) is 22.2 Å². The molecule has 0 saturated heterocycles. The average molecular weight is 285 g/mol. The van der Waals surface area contributed by atoms with E-state index in [1.807, 2.05) is 6.92 Å². The normalized spacial score (nSPS) is 10.9. The highest BCUT2D eigenvalue weighted by Crippen LogP contribution is 2.16. The third kappa shape index (κ3) is 1.78. The molecule has 0 aliphatic rings. The van der Waals surface area contributed by atoms with Crippen molar-refractivity contribution in [1.82, 2.24) is 19.6 Å². The van der Waals surface area contributed by atoms with Crippen molar-refractivity contribution < 1.29 is 9.90 Å². The number of carbonyl (C=O) groups is 1. The second-order valence-electron chi connectivity index (χ2n) is 3.25. The standard InChI is InChI=1S/C9H9BrN4O2/c1-2-3-6-12-9-11-4-5(10)7(8(15)16)14(9)13-6/h4H,2-3H2,1H3,(H,15,16). The molecule has 2 rings (SSSR count). The molecule has 0 saturated carbocycles. The molecule has 0 amide bonds. The van der Waals surface area contributed by atoms with Crippen LogP contribution in [0.1, 0.15) is 29.7 Å². The molecule has 0 aliphatic carbocycles. The van der Waals surface area contributed by atoms with Crippen molar-refractivity contribution in [2.24, 2.45) is 0 Å². The fourth-order valence-corrected chi connectivity index (χ4v) is 1.82. The first kappa shape index (κ1) is 11.0. The van der Waals surface area contributed by atoms with Crippen LogP contribution in [-0.4, -0.2) is 30.7 Å². The zero-order chi connectivity index (χ0) is 11.7. The number of carboxylic acids is 1. The Bertz CT molecular complexity index is 552. The third-order valence-electron chi connectivity index (χ3n) is 2.04. The molecule has 2 heterocycles. The zero-order valence-corrected chi connectivity index (χ0v) is 10.1. The first-order chi connectivity index (χ1) is 7.63. The summed E-state index contributed by atoms with van der Waals surface area (Å²) < 4.78 is 1.64. The molecule has 6 nitrogen and oxygen atoms in total. The molecule has 0 unspecified atom stereocenters. The van der Waals surface area contributed by atoms with Crippen LogP contribution >= 0.6 is 15.9 Å². The van der Waals surface area contributed by atoms with Crippen molar-refractivity contribution >= 4 is 27.7 Å². The predicted octanol–water partition coefficient (Wildman–Crippen LogP) is 1.54. The van der Waals surface area contributed by atoms with Gasteiger partial charge in [0.05, 0.1) is 4.47 Å². The van der Waals surface area contributed by atoms with E-state index in [-0.39, 0.29) is 5.69 Å². The summed E-state index contributed by atoms with van der Waals surface area (Å²) in [5.74, 6) is -0.146. The minimum atomic E-state index is -1.06. The van der Waals surface area contributed by atoms with Gasteiger partial charge < -0.3 is 5.11 Å². The Kier molecular flexibility index (Phi) is 2.86. The van der Waals surface area contributed by atoms with Crippen LogP contribution in [0.3, 0.4) is 0 Å². The van der Waals surface area contributed by atoms with E-state index < -0.39 is 5.97 Å². The number of aryl methyl sites for hydroxylation is 1. The Morgan fingerprint density at radius 3 is 3.00 bits per heavy atom. The van der Waals surface area contributed by atoms with Crippen LogP contribution in [-0.2, 0) is 6.42 Å². The molecule has 16 heavy (non-hydrogen) atoms. The summed E-state index contributed by atoms with van der Waals surface area (Å²) in [5, 5.41) is 13.2. The van der Waals surface area contributed by atoms with Gasteiger partial charge in [-0.25, -0.2) is 9.78 Å². The molecule has 1 N–H and O–H groups in total. The summed E-state index contributed by atoms with van der Waals surface area (Å²) in [4.78, 5) is 19.2. The summed E-state index contributed by atoms with van der Waals surface area (Å²) in [6.07, 6.45) is 3.03. The number of fused-ring (bicyclic) bond motifs is 1. The third-order valence-corrected chi connectivity index (χ3v) is 2.62. The lowest BCUT2D eigenvalue weighted by atomic mass is 10.3. The molecule has 2 aromatic heterocycles. The number of aromatic carboxylic acids is 1.